The van der Waals surface area contributed by atoms with E-state index in [-0.39, 0.29) is 37.0 Å². The fourth-order valence-corrected chi connectivity index (χ4v) is 4.70. The first kappa shape index (κ1) is 21.3. The molecule has 1 unspecified atom stereocenters. The topological polar surface area (TPSA) is 87.5 Å². The van der Waals surface area contributed by atoms with Crippen molar-refractivity contribution in [2.75, 3.05) is 13.1 Å². The van der Waals surface area contributed by atoms with E-state index in [4.69, 9.17) is 10.00 Å². The zero-order valence-corrected chi connectivity index (χ0v) is 16.7. The maximum absolute atomic E-state index is 14.1. The van der Waals surface area contributed by atoms with Crippen LogP contribution in [0.3, 0.4) is 0 Å². The molecule has 8 heteroatoms. The predicted molar refractivity (Wildman–Crippen MR) is 97.7 cm³/mol. The zero-order valence-electron chi connectivity index (χ0n) is 15.9. The highest BCUT2D eigenvalue weighted by Gasteiger charge is 2.31. The molecule has 1 aromatic rings. The van der Waals surface area contributed by atoms with Crippen molar-refractivity contribution in [3.05, 3.63) is 29.6 Å². The van der Waals surface area contributed by atoms with E-state index in [1.54, 1.807) is 20.8 Å². The van der Waals surface area contributed by atoms with Gasteiger partial charge in [-0.2, -0.15) is 9.57 Å². The summed E-state index contributed by atoms with van der Waals surface area (Å²) in [5, 5.41) is 8.95. The molecule has 0 spiro atoms. The van der Waals surface area contributed by atoms with Crippen LogP contribution in [0.4, 0.5) is 4.39 Å². The Balaban J connectivity index is 2.09. The first-order valence-electron chi connectivity index (χ1n) is 8.94. The average molecular weight is 396 g/mol. The van der Waals surface area contributed by atoms with Gasteiger partial charge in [0.15, 0.2) is 0 Å². The maximum atomic E-state index is 14.1. The average Bonchev–Trinajstić information content (AvgIpc) is 2.79. The second-order valence-electron chi connectivity index (χ2n) is 7.75. The van der Waals surface area contributed by atoms with Gasteiger partial charge in [-0.05, 0) is 64.2 Å². The minimum Gasteiger partial charge on any atom is -0.460 e. The molecule has 0 N–H and O–H groups in total. The highest BCUT2D eigenvalue weighted by molar-refractivity contribution is 7.89. The number of carbonyl (C=O) groups is 1. The summed E-state index contributed by atoms with van der Waals surface area (Å²) in [6, 6.07) is 5.13. The largest absolute Gasteiger partial charge is 0.460 e. The SMILES string of the molecule is CC(C)(C)OC(=O)CC1CCCN(S(=O)(=O)c2cc(C#N)ccc2F)CC1. The lowest BCUT2D eigenvalue weighted by Gasteiger charge is -2.22. The lowest BCUT2D eigenvalue weighted by Crippen LogP contribution is -2.33. The molecular formula is C19H25FN2O4S. The normalized spacial score (nSPS) is 19.1. The molecule has 1 saturated heterocycles. The molecule has 1 aliphatic rings. The van der Waals surface area contributed by atoms with Crippen molar-refractivity contribution in [2.45, 2.75) is 57.0 Å². The summed E-state index contributed by atoms with van der Waals surface area (Å²) in [6.45, 7) is 5.86. The van der Waals surface area contributed by atoms with Crippen LogP contribution in [0, 0.1) is 23.1 Å². The second kappa shape index (κ2) is 8.36. The summed E-state index contributed by atoms with van der Waals surface area (Å²) in [7, 11) is -4.04. The number of nitriles is 1. The molecule has 0 saturated carbocycles. The van der Waals surface area contributed by atoms with Gasteiger partial charge in [0.1, 0.15) is 16.3 Å². The van der Waals surface area contributed by atoms with Crippen LogP contribution in [-0.2, 0) is 19.6 Å². The smallest absolute Gasteiger partial charge is 0.306 e. The third-order valence-corrected chi connectivity index (χ3v) is 6.27. The number of ether oxygens (including phenoxy) is 1. The summed E-state index contributed by atoms with van der Waals surface area (Å²) in [5.41, 5.74) is -0.465. The van der Waals surface area contributed by atoms with Crippen LogP contribution in [0.1, 0.15) is 52.0 Å². The molecule has 0 aromatic heterocycles. The Morgan fingerprint density at radius 2 is 2.04 bits per heavy atom. The van der Waals surface area contributed by atoms with Crippen molar-refractivity contribution in [3.8, 4) is 6.07 Å². The number of benzene rings is 1. The molecule has 1 aromatic carbocycles. The molecular weight excluding hydrogens is 371 g/mol. The molecule has 148 valence electrons. The fraction of sp³-hybridized carbons (Fsp3) is 0.579. The Labute approximate surface area is 160 Å². The number of carbonyl (C=O) groups excluding carboxylic acids is 1. The van der Waals surface area contributed by atoms with E-state index in [2.05, 4.69) is 0 Å². The standard InChI is InChI=1S/C19H25FN2O4S/c1-19(2,3)26-18(23)12-14-5-4-9-22(10-8-14)27(24,25)17-11-15(13-21)6-7-16(17)20/h6-7,11,14H,4-5,8-10,12H2,1-3H3. The Morgan fingerprint density at radius 1 is 1.33 bits per heavy atom. The minimum atomic E-state index is -4.04. The lowest BCUT2D eigenvalue weighted by atomic mass is 9.97. The number of esters is 1. The van der Waals surface area contributed by atoms with Crippen molar-refractivity contribution in [1.29, 1.82) is 5.26 Å². The highest BCUT2D eigenvalue weighted by Crippen LogP contribution is 2.27. The van der Waals surface area contributed by atoms with Crippen LogP contribution in [0.15, 0.2) is 23.1 Å². The summed E-state index contributed by atoms with van der Waals surface area (Å²) < 4.78 is 46.3. The second-order valence-corrected chi connectivity index (χ2v) is 9.65. The molecule has 0 aliphatic carbocycles. The van der Waals surface area contributed by atoms with Gasteiger partial charge in [-0.15, -0.1) is 0 Å². The predicted octanol–water partition coefficient (Wildman–Crippen LogP) is 3.22. The summed E-state index contributed by atoms with van der Waals surface area (Å²) in [6.07, 6.45) is 2.01. The van der Waals surface area contributed by atoms with Crippen molar-refractivity contribution in [2.24, 2.45) is 5.92 Å². The number of hydrogen-bond acceptors (Lipinski definition) is 5. The van der Waals surface area contributed by atoms with Gasteiger partial charge >= 0.3 is 5.97 Å². The van der Waals surface area contributed by atoms with Crippen molar-refractivity contribution >= 4 is 16.0 Å². The van der Waals surface area contributed by atoms with Gasteiger partial charge in [0.05, 0.1) is 11.6 Å². The monoisotopic (exact) mass is 396 g/mol. The molecule has 1 atom stereocenters. The molecule has 1 aliphatic heterocycles. The fourth-order valence-electron chi connectivity index (χ4n) is 3.11. The molecule has 6 nitrogen and oxygen atoms in total. The van der Waals surface area contributed by atoms with Crippen molar-refractivity contribution in [3.63, 3.8) is 0 Å². The van der Waals surface area contributed by atoms with Crippen LogP contribution >= 0.6 is 0 Å². The van der Waals surface area contributed by atoms with E-state index in [0.29, 0.717) is 19.3 Å². The van der Waals surface area contributed by atoms with Gasteiger partial charge in [0.2, 0.25) is 10.0 Å². The van der Waals surface area contributed by atoms with E-state index in [1.165, 1.54) is 10.4 Å². The molecule has 2 rings (SSSR count). The molecule has 1 heterocycles. The van der Waals surface area contributed by atoms with Crippen LogP contribution in [0.5, 0.6) is 0 Å². The van der Waals surface area contributed by atoms with Gasteiger partial charge in [0, 0.05) is 19.5 Å². The van der Waals surface area contributed by atoms with Gasteiger partial charge in [0.25, 0.3) is 0 Å². The molecule has 1 fully saturated rings. The molecule has 27 heavy (non-hydrogen) atoms. The number of hydrogen-bond donors (Lipinski definition) is 0. The summed E-state index contributed by atoms with van der Waals surface area (Å²) in [5.74, 6) is -1.14. The van der Waals surface area contributed by atoms with Gasteiger partial charge in [-0.1, -0.05) is 0 Å². The first-order chi connectivity index (χ1) is 12.5. The third kappa shape index (κ3) is 5.75. The Bertz CT molecular complexity index is 840. The Hall–Kier alpha value is -1.98. The van der Waals surface area contributed by atoms with E-state index in [9.17, 15) is 17.6 Å². The number of rotatable bonds is 4. The van der Waals surface area contributed by atoms with Gasteiger partial charge < -0.3 is 4.74 Å². The first-order valence-corrected chi connectivity index (χ1v) is 10.4. The number of halogens is 1. The van der Waals surface area contributed by atoms with E-state index in [0.717, 1.165) is 12.1 Å². The van der Waals surface area contributed by atoms with Crippen LogP contribution in [0.2, 0.25) is 0 Å². The molecule has 0 radical (unpaired) electrons. The van der Waals surface area contributed by atoms with E-state index in [1.807, 2.05) is 6.07 Å². The summed E-state index contributed by atoms with van der Waals surface area (Å²) >= 11 is 0. The lowest BCUT2D eigenvalue weighted by molar-refractivity contribution is -0.156. The van der Waals surface area contributed by atoms with E-state index >= 15 is 0 Å². The van der Waals surface area contributed by atoms with Crippen molar-refractivity contribution < 1.29 is 22.3 Å². The Morgan fingerprint density at radius 3 is 2.67 bits per heavy atom. The van der Waals surface area contributed by atoms with Crippen LogP contribution < -0.4 is 0 Å². The maximum Gasteiger partial charge on any atom is 0.306 e. The zero-order chi connectivity index (χ0) is 20.2. The van der Waals surface area contributed by atoms with Crippen LogP contribution in [0.25, 0.3) is 0 Å². The highest BCUT2D eigenvalue weighted by atomic mass is 32.2. The number of nitrogens with zero attached hydrogens (tertiary/aromatic N) is 2. The van der Waals surface area contributed by atoms with Gasteiger partial charge in [-0.25, -0.2) is 12.8 Å². The third-order valence-electron chi connectivity index (χ3n) is 4.36. The minimum absolute atomic E-state index is 0.0235. The van der Waals surface area contributed by atoms with Crippen molar-refractivity contribution in [1.82, 2.24) is 4.31 Å². The summed E-state index contributed by atoms with van der Waals surface area (Å²) in [4.78, 5) is 11.5. The molecule has 0 amide bonds. The molecule has 0 bridgehead atoms. The van der Waals surface area contributed by atoms with Crippen LogP contribution in [-0.4, -0.2) is 37.4 Å². The number of sulfonamides is 1. The van der Waals surface area contributed by atoms with Gasteiger partial charge in [-0.3, -0.25) is 4.79 Å². The Kier molecular flexibility index (Phi) is 6.60. The quantitative estimate of drug-likeness (QED) is 0.729. The van der Waals surface area contributed by atoms with E-state index < -0.39 is 26.3 Å².